The highest BCUT2D eigenvalue weighted by molar-refractivity contribution is 6.41. The molecule has 1 aliphatic rings. The summed E-state index contributed by atoms with van der Waals surface area (Å²) in [6.45, 7) is 1.31. The van der Waals surface area contributed by atoms with Crippen molar-refractivity contribution in [1.29, 1.82) is 0 Å². The first-order valence-corrected chi connectivity index (χ1v) is 15.2. The number of benzene rings is 4. The Labute approximate surface area is 272 Å². The summed E-state index contributed by atoms with van der Waals surface area (Å²) in [7, 11) is 0. The number of halogens is 4. The van der Waals surface area contributed by atoms with Gasteiger partial charge in [0.1, 0.15) is 29.0 Å². The molecule has 1 amide bonds. The monoisotopic (exact) mass is 655 g/mol. The van der Waals surface area contributed by atoms with Crippen LogP contribution in [-0.2, 0) is 22.6 Å². The number of nitrogens with zero attached hydrogens (tertiary/aromatic N) is 3. The molecule has 244 valence electrons. The maximum atomic E-state index is 14.5. The average molecular weight is 656 g/mol. The smallest absolute Gasteiger partial charge is 0.294 e. The molecule has 0 saturated carbocycles. The number of aliphatic hydroxyl groups is 1. The summed E-state index contributed by atoms with van der Waals surface area (Å²) in [5, 5.41) is 13.1. The van der Waals surface area contributed by atoms with Gasteiger partial charge in [-0.2, -0.15) is 0 Å². The number of amides is 1. The van der Waals surface area contributed by atoms with E-state index in [1.54, 1.807) is 0 Å². The SMILES string of the molecule is O=C(/C=C(\O)c1cc(Cc2c(F)cc(F)cc2F)cn(Cc2ccc(F)cc2)c1=O)C(=O)N1CCN(c2cccc3ccccc23)CC1. The fraction of sp³-hybridized carbons (Fsp3) is 0.162. The van der Waals surface area contributed by atoms with E-state index in [1.165, 1.54) is 35.4 Å². The van der Waals surface area contributed by atoms with Crippen LogP contribution in [0, 0.1) is 23.3 Å². The predicted molar refractivity (Wildman–Crippen MR) is 174 cm³/mol. The quantitative estimate of drug-likeness (QED) is 0.0959. The Hall–Kier alpha value is -5.71. The van der Waals surface area contributed by atoms with Crippen LogP contribution in [-0.4, -0.2) is 52.4 Å². The lowest BCUT2D eigenvalue weighted by Gasteiger charge is -2.36. The molecule has 1 N–H and O–H groups in total. The van der Waals surface area contributed by atoms with Crippen molar-refractivity contribution in [1.82, 2.24) is 9.47 Å². The van der Waals surface area contributed by atoms with E-state index < -0.39 is 63.8 Å². The zero-order chi connectivity index (χ0) is 33.9. The summed E-state index contributed by atoms with van der Waals surface area (Å²) in [5.41, 5.74) is -0.00855. The number of pyridine rings is 1. The van der Waals surface area contributed by atoms with E-state index >= 15 is 0 Å². The van der Waals surface area contributed by atoms with Crippen molar-refractivity contribution in [2.24, 2.45) is 0 Å². The first-order valence-electron chi connectivity index (χ1n) is 15.2. The van der Waals surface area contributed by atoms with Crippen LogP contribution in [0.1, 0.15) is 22.3 Å². The van der Waals surface area contributed by atoms with Gasteiger partial charge >= 0.3 is 0 Å². The number of piperazine rings is 1. The van der Waals surface area contributed by atoms with Crippen LogP contribution in [0.15, 0.2) is 102 Å². The van der Waals surface area contributed by atoms with E-state index in [0.717, 1.165) is 27.1 Å². The van der Waals surface area contributed by atoms with Gasteiger partial charge in [-0.1, -0.05) is 48.5 Å². The third-order valence-corrected chi connectivity index (χ3v) is 8.32. The van der Waals surface area contributed by atoms with Crippen molar-refractivity contribution in [3.8, 4) is 0 Å². The number of aromatic nitrogens is 1. The number of aliphatic hydroxyl groups excluding tert-OH is 1. The molecule has 1 aliphatic heterocycles. The number of carbonyl (C=O) groups is 2. The Kier molecular flexibility index (Phi) is 9.11. The minimum Gasteiger partial charge on any atom is -0.507 e. The summed E-state index contributed by atoms with van der Waals surface area (Å²) in [6, 6.07) is 21.4. The zero-order valence-corrected chi connectivity index (χ0v) is 25.5. The standard InChI is InChI=1S/C37H29F4N3O4/c38-26-10-8-23(9-11-26)21-44-22-24(16-29-31(40)18-27(39)19-32(29)41)17-30(36(44)47)34(45)20-35(46)37(48)43-14-12-42(13-15-43)33-7-3-5-25-4-1-2-6-28(25)33/h1-11,17-20,22,45H,12-16,21H2/b34-20-. The van der Waals surface area contributed by atoms with E-state index in [4.69, 9.17) is 0 Å². The van der Waals surface area contributed by atoms with Crippen LogP contribution >= 0.6 is 0 Å². The Bertz CT molecular complexity index is 2090. The van der Waals surface area contributed by atoms with Gasteiger partial charge < -0.3 is 19.5 Å². The second-order valence-corrected chi connectivity index (χ2v) is 11.5. The number of ketones is 1. The number of rotatable bonds is 8. The van der Waals surface area contributed by atoms with Crippen LogP contribution in [0.2, 0.25) is 0 Å². The van der Waals surface area contributed by atoms with Gasteiger partial charge in [-0.25, -0.2) is 17.6 Å². The molecule has 1 saturated heterocycles. The highest BCUT2D eigenvalue weighted by Gasteiger charge is 2.27. The van der Waals surface area contributed by atoms with Crippen LogP contribution in [0.3, 0.4) is 0 Å². The maximum Gasteiger partial charge on any atom is 0.294 e. The third kappa shape index (κ3) is 6.85. The molecule has 1 aromatic heterocycles. The third-order valence-electron chi connectivity index (χ3n) is 8.32. The van der Waals surface area contributed by atoms with E-state index in [0.29, 0.717) is 36.9 Å². The fourth-order valence-corrected chi connectivity index (χ4v) is 5.88. The van der Waals surface area contributed by atoms with Crippen molar-refractivity contribution in [2.45, 2.75) is 13.0 Å². The molecule has 0 bridgehead atoms. The first kappa shape index (κ1) is 32.2. The van der Waals surface area contributed by atoms with E-state index in [2.05, 4.69) is 4.90 Å². The van der Waals surface area contributed by atoms with Gasteiger partial charge in [0.2, 0.25) is 5.78 Å². The van der Waals surface area contributed by atoms with Gasteiger partial charge in [0.05, 0.1) is 12.1 Å². The van der Waals surface area contributed by atoms with E-state index in [1.807, 2.05) is 42.5 Å². The van der Waals surface area contributed by atoms with Crippen molar-refractivity contribution < 1.29 is 32.3 Å². The molecule has 6 rings (SSSR count). The second-order valence-electron chi connectivity index (χ2n) is 11.5. The molecule has 48 heavy (non-hydrogen) atoms. The Balaban J connectivity index is 1.24. The average Bonchev–Trinajstić information content (AvgIpc) is 3.08. The normalized spacial score (nSPS) is 13.6. The molecule has 0 spiro atoms. The lowest BCUT2D eigenvalue weighted by atomic mass is 10.0. The second kappa shape index (κ2) is 13.6. The topological polar surface area (TPSA) is 82.8 Å². The van der Waals surface area contributed by atoms with E-state index in [-0.39, 0.29) is 25.2 Å². The molecule has 7 nitrogen and oxygen atoms in total. The minimum absolute atomic E-state index is 0.116. The number of hydrogen-bond donors (Lipinski definition) is 1. The van der Waals surface area contributed by atoms with Gasteiger partial charge in [0.15, 0.2) is 0 Å². The molecule has 2 heterocycles. The molecule has 0 atom stereocenters. The Morgan fingerprint density at radius 3 is 2.15 bits per heavy atom. The van der Waals surface area contributed by atoms with Crippen molar-refractivity contribution in [2.75, 3.05) is 31.1 Å². The first-order chi connectivity index (χ1) is 23.1. The fourth-order valence-electron chi connectivity index (χ4n) is 5.88. The minimum atomic E-state index is -1.15. The lowest BCUT2D eigenvalue weighted by Crippen LogP contribution is -2.50. The molecular weight excluding hydrogens is 626 g/mol. The zero-order valence-electron chi connectivity index (χ0n) is 25.5. The molecule has 0 aliphatic carbocycles. The molecule has 5 aromatic rings. The summed E-state index contributed by atoms with van der Waals surface area (Å²) < 4.78 is 57.2. The Morgan fingerprint density at radius 1 is 0.771 bits per heavy atom. The number of carbonyl (C=O) groups excluding carboxylic acids is 2. The van der Waals surface area contributed by atoms with Gasteiger partial charge in [-0.15, -0.1) is 0 Å². The molecule has 1 fully saturated rings. The van der Waals surface area contributed by atoms with Crippen molar-refractivity contribution in [3.05, 3.63) is 153 Å². The largest absolute Gasteiger partial charge is 0.507 e. The molecule has 0 radical (unpaired) electrons. The number of anilines is 1. The van der Waals surface area contributed by atoms with Crippen LogP contribution in [0.4, 0.5) is 23.2 Å². The lowest BCUT2D eigenvalue weighted by molar-refractivity contribution is -0.142. The van der Waals surface area contributed by atoms with Gasteiger partial charge in [0.25, 0.3) is 11.5 Å². The predicted octanol–water partition coefficient (Wildman–Crippen LogP) is 6.01. The van der Waals surface area contributed by atoms with Crippen LogP contribution in [0.5, 0.6) is 0 Å². The summed E-state index contributed by atoms with van der Waals surface area (Å²) in [4.78, 5) is 43.1. The van der Waals surface area contributed by atoms with Gasteiger partial charge in [0, 0.05) is 73.6 Å². The van der Waals surface area contributed by atoms with Gasteiger partial charge in [-0.3, -0.25) is 14.4 Å². The maximum absolute atomic E-state index is 14.5. The molecular formula is C37H29F4N3O4. The summed E-state index contributed by atoms with van der Waals surface area (Å²) >= 11 is 0. The number of hydrogen-bond acceptors (Lipinski definition) is 5. The van der Waals surface area contributed by atoms with Crippen molar-refractivity contribution >= 4 is 33.9 Å². The molecule has 11 heteroatoms. The molecule has 4 aromatic carbocycles. The molecule has 0 unspecified atom stereocenters. The van der Waals surface area contributed by atoms with E-state index in [9.17, 15) is 37.1 Å². The van der Waals surface area contributed by atoms with Crippen LogP contribution < -0.4 is 10.5 Å². The summed E-state index contributed by atoms with van der Waals surface area (Å²) in [5.74, 6) is -6.63. The summed E-state index contributed by atoms with van der Waals surface area (Å²) in [6.07, 6.45) is 1.52. The highest BCUT2D eigenvalue weighted by atomic mass is 19.1. The number of fused-ring (bicyclic) bond motifs is 1. The highest BCUT2D eigenvalue weighted by Crippen LogP contribution is 2.28. The van der Waals surface area contributed by atoms with Crippen LogP contribution in [0.25, 0.3) is 16.5 Å². The Morgan fingerprint density at radius 2 is 1.44 bits per heavy atom. The van der Waals surface area contributed by atoms with Gasteiger partial charge in [-0.05, 0) is 40.8 Å². The van der Waals surface area contributed by atoms with Crippen molar-refractivity contribution in [3.63, 3.8) is 0 Å².